The lowest BCUT2D eigenvalue weighted by atomic mass is 10.1. The summed E-state index contributed by atoms with van der Waals surface area (Å²) in [5.41, 5.74) is 1.79. The number of nitrogens with zero attached hydrogens (tertiary/aromatic N) is 4. The number of nitriles is 2. The predicted octanol–water partition coefficient (Wildman–Crippen LogP) is 10.6. The van der Waals surface area contributed by atoms with E-state index in [1.165, 1.54) is 23.5 Å². The topological polar surface area (TPSA) is 185 Å². The van der Waals surface area contributed by atoms with E-state index in [4.69, 9.17) is 53.6 Å². The van der Waals surface area contributed by atoms with Crippen molar-refractivity contribution in [3.05, 3.63) is 121 Å². The lowest BCUT2D eigenvalue weighted by Crippen LogP contribution is -2.22. The lowest BCUT2D eigenvalue weighted by molar-refractivity contribution is -0.143. The molecule has 0 saturated carbocycles. The molecule has 20 heteroatoms. The summed E-state index contributed by atoms with van der Waals surface area (Å²) in [5, 5.41) is 37.8. The number of carboxylic acid groups (broad SMARTS) is 1. The van der Waals surface area contributed by atoms with Gasteiger partial charge in [-0.3, -0.25) is 9.59 Å². The normalized spacial score (nSPS) is 12.3. The SMILES string of the molecule is CC(C#N)(CCC(=O)O)SC(=S)c1ccccc1.CC(C#N)(CCC(=O)OCCSSc1ccccn1)SC(=S)c1ccccc1.OCCOCCOCCOCCSSc1ccccn1. The number of esters is 1. The van der Waals surface area contributed by atoms with Gasteiger partial charge >= 0.3 is 11.9 Å². The molecule has 2 heterocycles. The average molecular weight is 1050 g/mol. The molecular formula is C46H54N4O8S8. The third kappa shape index (κ3) is 28.8. The van der Waals surface area contributed by atoms with Gasteiger partial charge in [-0.2, -0.15) is 10.5 Å². The molecule has 0 bridgehead atoms. The number of hydrogen-bond acceptors (Lipinski definition) is 19. The van der Waals surface area contributed by atoms with Crippen molar-refractivity contribution in [3.63, 3.8) is 0 Å². The number of ether oxygens (including phenoxy) is 4. The average Bonchev–Trinajstić information content (AvgIpc) is 3.34. The molecular weight excluding hydrogens is 993 g/mol. The molecule has 0 fully saturated rings. The third-order valence-electron chi connectivity index (χ3n) is 8.03. The molecule has 0 aliphatic heterocycles. The smallest absolute Gasteiger partial charge is 0.305 e. The summed E-state index contributed by atoms with van der Waals surface area (Å²) in [6, 6.07) is 35.0. The first-order valence-electron chi connectivity index (χ1n) is 20.4. The first-order chi connectivity index (χ1) is 31.9. The summed E-state index contributed by atoms with van der Waals surface area (Å²) < 4.78 is 20.8. The predicted molar refractivity (Wildman–Crippen MR) is 281 cm³/mol. The van der Waals surface area contributed by atoms with Crippen molar-refractivity contribution in [2.24, 2.45) is 0 Å². The summed E-state index contributed by atoms with van der Waals surface area (Å²) in [6.45, 7) is 7.19. The number of carbonyl (C=O) groups excluding carboxylic acids is 1. The van der Waals surface area contributed by atoms with E-state index >= 15 is 0 Å². The Balaban J connectivity index is 0.000000351. The van der Waals surface area contributed by atoms with Crippen LogP contribution in [0, 0.1) is 22.7 Å². The molecule has 0 amide bonds. The first-order valence-corrected chi connectivity index (χ1v) is 27.5. The highest BCUT2D eigenvalue weighted by Gasteiger charge is 2.29. The zero-order chi connectivity index (χ0) is 48.1. The minimum absolute atomic E-state index is 0.0333. The van der Waals surface area contributed by atoms with Gasteiger partial charge in [0.2, 0.25) is 0 Å². The van der Waals surface area contributed by atoms with E-state index in [1.807, 2.05) is 97.1 Å². The first kappa shape index (κ1) is 58.9. The quantitative estimate of drug-likeness (QED) is 0.0237. The number of aliphatic hydroxyl groups excluding tert-OH is 1. The van der Waals surface area contributed by atoms with Crippen LogP contribution in [0.1, 0.15) is 50.7 Å². The molecule has 0 spiro atoms. The summed E-state index contributed by atoms with van der Waals surface area (Å²) in [5.74, 6) is 0.398. The van der Waals surface area contributed by atoms with Crippen molar-refractivity contribution < 1.29 is 38.7 Å². The fourth-order valence-electron chi connectivity index (χ4n) is 4.58. The van der Waals surface area contributed by atoms with Gasteiger partial charge in [0.05, 0.1) is 66.8 Å². The van der Waals surface area contributed by atoms with Crippen molar-refractivity contribution in [2.45, 2.75) is 59.1 Å². The van der Waals surface area contributed by atoms with Crippen molar-refractivity contribution in [2.75, 3.05) is 64.4 Å². The molecule has 2 unspecified atom stereocenters. The van der Waals surface area contributed by atoms with Crippen LogP contribution in [0.5, 0.6) is 0 Å². The van der Waals surface area contributed by atoms with Gasteiger partial charge in [-0.25, -0.2) is 9.97 Å². The Morgan fingerprint density at radius 2 is 1.05 bits per heavy atom. The summed E-state index contributed by atoms with van der Waals surface area (Å²) in [7, 11) is 6.52. The molecule has 2 aromatic carbocycles. The van der Waals surface area contributed by atoms with E-state index in [-0.39, 0.29) is 31.8 Å². The zero-order valence-corrected chi connectivity index (χ0v) is 43.2. The van der Waals surface area contributed by atoms with Gasteiger partial charge in [-0.1, -0.05) is 142 Å². The maximum absolute atomic E-state index is 12.0. The second kappa shape index (κ2) is 36.8. The van der Waals surface area contributed by atoms with Crippen LogP contribution in [0.4, 0.5) is 0 Å². The lowest BCUT2D eigenvalue weighted by Gasteiger charge is -2.20. The van der Waals surface area contributed by atoms with Crippen LogP contribution in [-0.4, -0.2) is 114 Å². The van der Waals surface area contributed by atoms with Gasteiger partial charge in [0.15, 0.2) is 0 Å². The van der Waals surface area contributed by atoms with E-state index in [2.05, 4.69) is 22.1 Å². The van der Waals surface area contributed by atoms with E-state index < -0.39 is 15.5 Å². The van der Waals surface area contributed by atoms with Crippen LogP contribution >= 0.6 is 91.1 Å². The van der Waals surface area contributed by atoms with Crippen LogP contribution in [0.2, 0.25) is 0 Å². The largest absolute Gasteiger partial charge is 0.481 e. The van der Waals surface area contributed by atoms with E-state index in [0.717, 1.165) is 26.9 Å². The van der Waals surface area contributed by atoms with Crippen molar-refractivity contribution in [1.29, 1.82) is 10.5 Å². The van der Waals surface area contributed by atoms with Crippen LogP contribution in [0.15, 0.2) is 120 Å². The highest BCUT2D eigenvalue weighted by atomic mass is 33.1. The second-order valence-corrected chi connectivity index (χ2v) is 22.8. The van der Waals surface area contributed by atoms with Crippen molar-refractivity contribution >= 4 is 111 Å². The Morgan fingerprint density at radius 1 is 0.621 bits per heavy atom. The van der Waals surface area contributed by atoms with Gasteiger partial charge in [-0.05, 0) is 83.7 Å². The number of rotatable bonds is 28. The Labute approximate surface area is 423 Å². The molecule has 2 aromatic heterocycles. The van der Waals surface area contributed by atoms with E-state index in [0.29, 0.717) is 66.8 Å². The number of carboxylic acids is 1. The number of aliphatic hydroxyl groups is 1. The zero-order valence-electron chi connectivity index (χ0n) is 36.7. The molecule has 66 heavy (non-hydrogen) atoms. The number of thiocarbonyl (C=S) groups is 2. The second-order valence-electron chi connectivity index (χ2n) is 13.5. The highest BCUT2D eigenvalue weighted by Crippen LogP contribution is 2.34. The minimum Gasteiger partial charge on any atom is -0.481 e. The Morgan fingerprint density at radius 3 is 1.47 bits per heavy atom. The van der Waals surface area contributed by atoms with Crippen LogP contribution < -0.4 is 0 Å². The Bertz CT molecular complexity index is 2060. The standard InChI is InChI=1S/C20H20N2O2S4.C13H21NO4S2.C13H13NO2S2/c1-20(15-21,27-19(25)16-7-3-2-4-8-16)11-10-18(23)24-13-14-26-28-17-9-5-6-12-22-17;15-5-6-16-7-8-17-9-10-18-11-12-19-20-13-3-1-2-4-14-13;1-13(9-14,8-7-11(15)16)18-12(17)10-5-3-2-4-6-10/h2-9,12H,10-11,13-14H2,1H3;1-4,15H,5-12H2;2-6H,7-8H2,1H3,(H,15,16). The maximum Gasteiger partial charge on any atom is 0.305 e. The van der Waals surface area contributed by atoms with Crippen LogP contribution in [0.3, 0.4) is 0 Å². The third-order valence-corrected chi connectivity index (χ3v) is 15.8. The molecule has 2 atom stereocenters. The maximum atomic E-state index is 12.0. The number of hydrogen-bond donors (Lipinski definition) is 2. The van der Waals surface area contributed by atoms with Gasteiger partial charge in [0, 0.05) is 36.7 Å². The number of thioether (sulfide) groups is 2. The van der Waals surface area contributed by atoms with Crippen LogP contribution in [0.25, 0.3) is 0 Å². The molecule has 0 aliphatic rings. The van der Waals surface area contributed by atoms with E-state index in [9.17, 15) is 20.1 Å². The number of benzene rings is 2. The molecule has 0 aliphatic carbocycles. The minimum atomic E-state index is -0.900. The van der Waals surface area contributed by atoms with Crippen LogP contribution in [-0.2, 0) is 28.5 Å². The van der Waals surface area contributed by atoms with Crippen molar-refractivity contribution in [3.8, 4) is 12.1 Å². The van der Waals surface area contributed by atoms with Gasteiger partial charge in [-0.15, -0.1) is 0 Å². The van der Waals surface area contributed by atoms with Crippen molar-refractivity contribution in [1.82, 2.24) is 9.97 Å². The van der Waals surface area contributed by atoms with Gasteiger partial charge < -0.3 is 29.2 Å². The molecule has 354 valence electrons. The molecule has 0 saturated heterocycles. The fourth-order valence-corrected chi connectivity index (χ4v) is 11.2. The molecule has 12 nitrogen and oxygen atoms in total. The number of carbonyl (C=O) groups is 2. The Hall–Kier alpha value is -3.22. The monoisotopic (exact) mass is 1050 g/mol. The summed E-state index contributed by atoms with van der Waals surface area (Å²) in [6.07, 6.45) is 4.35. The molecule has 2 N–H and O–H groups in total. The number of aromatic nitrogens is 2. The summed E-state index contributed by atoms with van der Waals surface area (Å²) in [4.78, 5) is 31.0. The number of aliphatic carboxylic acids is 1. The highest BCUT2D eigenvalue weighted by molar-refractivity contribution is 8.77. The fraction of sp³-hybridized carbons (Fsp3) is 0.391. The number of pyridine rings is 2. The summed E-state index contributed by atoms with van der Waals surface area (Å²) >= 11 is 13.3. The molecule has 4 rings (SSSR count). The molecule has 0 radical (unpaired) electrons. The Kier molecular flexibility index (Phi) is 32.8. The van der Waals surface area contributed by atoms with E-state index in [1.54, 1.807) is 69.4 Å². The molecule has 4 aromatic rings. The van der Waals surface area contributed by atoms with Gasteiger partial charge in [0.25, 0.3) is 0 Å². The van der Waals surface area contributed by atoms with Gasteiger partial charge in [0.1, 0.15) is 26.2 Å².